The van der Waals surface area contributed by atoms with Gasteiger partial charge in [0.25, 0.3) is 0 Å². The molecule has 1 aromatic carbocycles. The highest BCUT2D eigenvalue weighted by molar-refractivity contribution is 5.54. The zero-order valence-corrected chi connectivity index (χ0v) is 8.21. The van der Waals surface area contributed by atoms with E-state index in [1.165, 1.54) is 6.07 Å². The minimum absolute atomic E-state index is 0.235. The summed E-state index contributed by atoms with van der Waals surface area (Å²) >= 11 is 0. The Morgan fingerprint density at radius 1 is 1.38 bits per heavy atom. The quantitative estimate of drug-likeness (QED) is 0.757. The van der Waals surface area contributed by atoms with Gasteiger partial charge in [-0.05, 0) is 19.1 Å². The highest BCUT2D eigenvalue weighted by Gasteiger charge is 2.12. The highest BCUT2D eigenvalue weighted by atomic mass is 19.1. The molecule has 0 radical (unpaired) electrons. The van der Waals surface area contributed by atoms with Gasteiger partial charge in [0.15, 0.2) is 0 Å². The molecule has 1 rings (SSSR count). The van der Waals surface area contributed by atoms with Gasteiger partial charge in [-0.2, -0.15) is 0 Å². The topological polar surface area (TPSA) is 29.3 Å². The van der Waals surface area contributed by atoms with Crippen LogP contribution in [0.2, 0.25) is 0 Å². The van der Waals surface area contributed by atoms with Crippen LogP contribution in [-0.4, -0.2) is 14.1 Å². The van der Waals surface area contributed by atoms with Crippen molar-refractivity contribution in [2.75, 3.05) is 19.0 Å². The van der Waals surface area contributed by atoms with Gasteiger partial charge in [-0.3, -0.25) is 0 Å². The van der Waals surface area contributed by atoms with Crippen LogP contribution < -0.4 is 10.6 Å². The lowest BCUT2D eigenvalue weighted by Gasteiger charge is -2.19. The molecule has 0 bridgehead atoms. The smallest absolute Gasteiger partial charge is 0.130 e. The summed E-state index contributed by atoms with van der Waals surface area (Å²) in [5, 5.41) is 0. The minimum atomic E-state index is -0.279. The Morgan fingerprint density at radius 3 is 2.38 bits per heavy atom. The van der Waals surface area contributed by atoms with Gasteiger partial charge in [0.05, 0.1) is 0 Å². The highest BCUT2D eigenvalue weighted by Crippen LogP contribution is 2.25. The van der Waals surface area contributed by atoms with Crippen LogP contribution in [0.4, 0.5) is 10.1 Å². The zero-order chi connectivity index (χ0) is 10.0. The van der Waals surface area contributed by atoms with Crippen molar-refractivity contribution in [2.24, 2.45) is 5.73 Å². The second kappa shape index (κ2) is 3.75. The van der Waals surface area contributed by atoms with Crippen LogP contribution in [0, 0.1) is 5.82 Å². The van der Waals surface area contributed by atoms with Crippen LogP contribution in [0.1, 0.15) is 18.5 Å². The molecule has 0 saturated heterocycles. The molecule has 0 fully saturated rings. The van der Waals surface area contributed by atoms with Crippen LogP contribution in [0.15, 0.2) is 18.2 Å². The molecule has 2 N–H and O–H groups in total. The first-order valence-electron chi connectivity index (χ1n) is 4.25. The van der Waals surface area contributed by atoms with E-state index in [1.54, 1.807) is 13.0 Å². The third-order valence-corrected chi connectivity index (χ3v) is 1.97. The van der Waals surface area contributed by atoms with Crippen molar-refractivity contribution >= 4 is 5.69 Å². The fourth-order valence-corrected chi connectivity index (χ4v) is 1.37. The largest absolute Gasteiger partial charge is 0.377 e. The van der Waals surface area contributed by atoms with Gasteiger partial charge in [0.1, 0.15) is 5.82 Å². The molecule has 1 atom stereocenters. The van der Waals surface area contributed by atoms with E-state index in [2.05, 4.69) is 0 Å². The van der Waals surface area contributed by atoms with Crippen LogP contribution in [0.25, 0.3) is 0 Å². The first kappa shape index (κ1) is 9.99. The van der Waals surface area contributed by atoms with Crippen LogP contribution in [0.5, 0.6) is 0 Å². The lowest BCUT2D eigenvalue weighted by molar-refractivity contribution is 0.593. The molecule has 0 aromatic heterocycles. The second-order valence-corrected chi connectivity index (χ2v) is 3.36. The summed E-state index contributed by atoms with van der Waals surface area (Å²) in [6, 6.07) is 4.71. The fourth-order valence-electron chi connectivity index (χ4n) is 1.37. The molecule has 72 valence electrons. The lowest BCUT2D eigenvalue weighted by atomic mass is 10.1. The maximum atomic E-state index is 13.4. The second-order valence-electron chi connectivity index (χ2n) is 3.36. The summed E-state index contributed by atoms with van der Waals surface area (Å²) in [5.41, 5.74) is 7.11. The number of nitrogens with zero attached hydrogens (tertiary/aromatic N) is 1. The summed E-state index contributed by atoms with van der Waals surface area (Å²) in [5.74, 6) is -0.235. The van der Waals surface area contributed by atoms with Crippen molar-refractivity contribution in [1.82, 2.24) is 0 Å². The predicted octanol–water partition coefficient (Wildman–Crippen LogP) is 1.91. The summed E-state index contributed by atoms with van der Waals surface area (Å²) < 4.78 is 13.4. The molecule has 0 amide bonds. The number of rotatable bonds is 2. The number of benzene rings is 1. The molecular weight excluding hydrogens is 167 g/mol. The number of hydrogen-bond donors (Lipinski definition) is 1. The van der Waals surface area contributed by atoms with Gasteiger partial charge in [-0.15, -0.1) is 0 Å². The average molecular weight is 182 g/mol. The van der Waals surface area contributed by atoms with E-state index in [-0.39, 0.29) is 11.9 Å². The average Bonchev–Trinajstić information content (AvgIpc) is 2.02. The Kier molecular flexibility index (Phi) is 2.88. The molecule has 3 heteroatoms. The summed E-state index contributed by atoms with van der Waals surface area (Å²) in [6.45, 7) is 1.78. The van der Waals surface area contributed by atoms with E-state index in [0.29, 0.717) is 5.56 Å². The third-order valence-electron chi connectivity index (χ3n) is 1.97. The molecule has 0 saturated carbocycles. The molecule has 0 spiro atoms. The van der Waals surface area contributed by atoms with E-state index < -0.39 is 0 Å². The van der Waals surface area contributed by atoms with Crippen LogP contribution in [0.3, 0.4) is 0 Å². The third kappa shape index (κ3) is 1.98. The van der Waals surface area contributed by atoms with E-state index in [4.69, 9.17) is 5.73 Å². The van der Waals surface area contributed by atoms with Crippen LogP contribution in [-0.2, 0) is 0 Å². The number of halogens is 1. The normalized spacial score (nSPS) is 12.7. The molecule has 0 aliphatic heterocycles. The van der Waals surface area contributed by atoms with E-state index in [1.807, 2.05) is 25.1 Å². The molecule has 0 aliphatic carbocycles. The van der Waals surface area contributed by atoms with Crippen molar-refractivity contribution < 1.29 is 4.39 Å². The molecule has 2 nitrogen and oxygen atoms in total. The molecule has 13 heavy (non-hydrogen) atoms. The number of nitrogens with two attached hydrogens (primary N) is 1. The Labute approximate surface area is 78.2 Å². The predicted molar refractivity (Wildman–Crippen MR) is 53.3 cm³/mol. The van der Waals surface area contributed by atoms with Gasteiger partial charge in [-0.1, -0.05) is 6.07 Å². The lowest BCUT2D eigenvalue weighted by Crippen LogP contribution is -2.16. The van der Waals surface area contributed by atoms with Crippen molar-refractivity contribution in [3.05, 3.63) is 29.6 Å². The number of anilines is 1. The molecular formula is C10H15FN2. The SMILES string of the molecule is C[C@@H](N)c1c(F)cccc1N(C)C. The Morgan fingerprint density at radius 2 is 2.00 bits per heavy atom. The maximum Gasteiger partial charge on any atom is 0.130 e. The monoisotopic (exact) mass is 182 g/mol. The number of hydrogen-bond acceptors (Lipinski definition) is 2. The first-order valence-corrected chi connectivity index (χ1v) is 4.25. The van der Waals surface area contributed by atoms with Crippen LogP contribution >= 0.6 is 0 Å². The molecule has 0 aliphatic rings. The molecule has 1 aromatic rings. The Balaban J connectivity index is 3.26. The van der Waals surface area contributed by atoms with Crippen molar-refractivity contribution in [3.63, 3.8) is 0 Å². The Hall–Kier alpha value is -1.09. The standard InChI is InChI=1S/C10H15FN2/c1-7(12)10-8(11)5-4-6-9(10)13(2)3/h4-7H,12H2,1-3H3/t7-/m1/s1. The van der Waals surface area contributed by atoms with Gasteiger partial charge >= 0.3 is 0 Å². The van der Waals surface area contributed by atoms with Crippen molar-refractivity contribution in [2.45, 2.75) is 13.0 Å². The van der Waals surface area contributed by atoms with Gasteiger partial charge < -0.3 is 10.6 Å². The van der Waals surface area contributed by atoms with E-state index in [0.717, 1.165) is 5.69 Å². The summed E-state index contributed by atoms with van der Waals surface area (Å²) in [6.07, 6.45) is 0. The first-order chi connectivity index (χ1) is 6.04. The van der Waals surface area contributed by atoms with Gasteiger partial charge in [0, 0.05) is 31.4 Å². The minimum Gasteiger partial charge on any atom is -0.377 e. The fraction of sp³-hybridized carbons (Fsp3) is 0.400. The zero-order valence-electron chi connectivity index (χ0n) is 8.21. The summed E-state index contributed by atoms with van der Waals surface area (Å²) in [4.78, 5) is 1.86. The molecule has 0 heterocycles. The Bertz CT molecular complexity index is 295. The van der Waals surface area contributed by atoms with Crippen molar-refractivity contribution in [3.8, 4) is 0 Å². The van der Waals surface area contributed by atoms with Crippen molar-refractivity contribution in [1.29, 1.82) is 0 Å². The van der Waals surface area contributed by atoms with E-state index in [9.17, 15) is 4.39 Å². The van der Waals surface area contributed by atoms with Gasteiger partial charge in [-0.25, -0.2) is 4.39 Å². The van der Waals surface area contributed by atoms with Gasteiger partial charge in [0.2, 0.25) is 0 Å². The summed E-state index contributed by atoms with van der Waals surface area (Å²) in [7, 11) is 3.75. The molecule has 0 unspecified atom stereocenters. The van der Waals surface area contributed by atoms with E-state index >= 15 is 0 Å². The maximum absolute atomic E-state index is 13.4.